The standard InChI is InChI=1S/C14H20FN/c1-3-16-10-14(8-11(2)9-14)12-4-6-13(15)7-5-12/h4-7,11,16H,3,8-10H2,1-2H3. The number of likely N-dealkylation sites (N-methyl/N-ethyl adjacent to an activating group) is 1. The van der Waals surface area contributed by atoms with E-state index in [9.17, 15) is 4.39 Å². The zero-order chi connectivity index (χ0) is 11.6. The summed E-state index contributed by atoms with van der Waals surface area (Å²) >= 11 is 0. The van der Waals surface area contributed by atoms with E-state index in [2.05, 4.69) is 19.2 Å². The average molecular weight is 221 g/mol. The topological polar surface area (TPSA) is 12.0 Å². The lowest BCUT2D eigenvalue weighted by Gasteiger charge is -2.47. The van der Waals surface area contributed by atoms with Crippen molar-refractivity contribution in [2.75, 3.05) is 13.1 Å². The summed E-state index contributed by atoms with van der Waals surface area (Å²) in [4.78, 5) is 0. The highest BCUT2D eigenvalue weighted by Crippen LogP contribution is 2.47. The average Bonchev–Trinajstić information content (AvgIpc) is 2.24. The molecule has 1 aromatic carbocycles. The third-order valence-electron chi connectivity index (χ3n) is 3.65. The highest BCUT2D eigenvalue weighted by Gasteiger charge is 2.42. The largest absolute Gasteiger partial charge is 0.316 e. The van der Waals surface area contributed by atoms with Crippen LogP contribution in [0.2, 0.25) is 0 Å². The Bertz CT molecular complexity index is 338. The SMILES string of the molecule is CCNCC1(c2ccc(F)cc2)CC(C)C1. The van der Waals surface area contributed by atoms with Crippen molar-refractivity contribution >= 4 is 0 Å². The molecule has 0 spiro atoms. The van der Waals surface area contributed by atoms with Crippen molar-refractivity contribution in [2.45, 2.75) is 32.1 Å². The van der Waals surface area contributed by atoms with Crippen LogP contribution in [0.4, 0.5) is 4.39 Å². The number of hydrogen-bond donors (Lipinski definition) is 1. The minimum atomic E-state index is -0.144. The van der Waals surface area contributed by atoms with Crippen LogP contribution < -0.4 is 5.32 Å². The van der Waals surface area contributed by atoms with Gasteiger partial charge in [-0.05, 0) is 43.0 Å². The molecule has 1 aliphatic rings. The van der Waals surface area contributed by atoms with E-state index in [-0.39, 0.29) is 11.2 Å². The smallest absolute Gasteiger partial charge is 0.123 e. The maximum absolute atomic E-state index is 12.9. The molecular weight excluding hydrogens is 201 g/mol. The van der Waals surface area contributed by atoms with E-state index < -0.39 is 0 Å². The van der Waals surface area contributed by atoms with Crippen molar-refractivity contribution in [1.29, 1.82) is 0 Å². The zero-order valence-corrected chi connectivity index (χ0v) is 10.1. The van der Waals surface area contributed by atoms with E-state index in [1.807, 2.05) is 12.1 Å². The molecule has 1 saturated carbocycles. The van der Waals surface area contributed by atoms with Gasteiger partial charge in [0, 0.05) is 12.0 Å². The molecule has 0 aromatic heterocycles. The summed E-state index contributed by atoms with van der Waals surface area (Å²) in [5.41, 5.74) is 1.54. The van der Waals surface area contributed by atoms with E-state index in [4.69, 9.17) is 0 Å². The molecule has 0 heterocycles. The molecule has 0 bridgehead atoms. The Labute approximate surface area is 97.1 Å². The molecule has 0 atom stereocenters. The van der Waals surface area contributed by atoms with Gasteiger partial charge in [-0.15, -0.1) is 0 Å². The van der Waals surface area contributed by atoms with Crippen LogP contribution in [0.1, 0.15) is 32.3 Å². The van der Waals surface area contributed by atoms with Gasteiger partial charge in [-0.2, -0.15) is 0 Å². The van der Waals surface area contributed by atoms with Crippen LogP contribution in [0.25, 0.3) is 0 Å². The third kappa shape index (κ3) is 2.12. The lowest BCUT2D eigenvalue weighted by atomic mass is 9.59. The van der Waals surface area contributed by atoms with Crippen LogP contribution in [0, 0.1) is 11.7 Å². The van der Waals surface area contributed by atoms with E-state index in [1.165, 1.54) is 18.4 Å². The van der Waals surface area contributed by atoms with Crippen molar-refractivity contribution in [1.82, 2.24) is 5.32 Å². The number of halogens is 1. The van der Waals surface area contributed by atoms with E-state index in [1.54, 1.807) is 12.1 Å². The molecule has 1 nitrogen and oxygen atoms in total. The molecule has 0 saturated heterocycles. The number of nitrogens with one attached hydrogen (secondary N) is 1. The normalized spacial score (nSPS) is 28.8. The second kappa shape index (κ2) is 4.54. The van der Waals surface area contributed by atoms with Crippen molar-refractivity contribution in [3.63, 3.8) is 0 Å². The van der Waals surface area contributed by atoms with Crippen LogP contribution in [0.3, 0.4) is 0 Å². The van der Waals surface area contributed by atoms with Crippen molar-refractivity contribution in [2.24, 2.45) is 5.92 Å². The van der Waals surface area contributed by atoms with Crippen LogP contribution in [0.5, 0.6) is 0 Å². The van der Waals surface area contributed by atoms with Gasteiger partial charge in [0.2, 0.25) is 0 Å². The van der Waals surface area contributed by atoms with Gasteiger partial charge < -0.3 is 5.32 Å². The third-order valence-corrected chi connectivity index (χ3v) is 3.65. The zero-order valence-electron chi connectivity index (χ0n) is 10.1. The fourth-order valence-corrected chi connectivity index (χ4v) is 2.92. The van der Waals surface area contributed by atoms with Gasteiger partial charge in [-0.3, -0.25) is 0 Å². The van der Waals surface area contributed by atoms with Crippen LogP contribution in [0.15, 0.2) is 24.3 Å². The summed E-state index contributed by atoms with van der Waals surface area (Å²) < 4.78 is 12.9. The number of benzene rings is 1. The summed E-state index contributed by atoms with van der Waals surface area (Å²) in [5, 5.41) is 3.43. The Morgan fingerprint density at radius 1 is 1.31 bits per heavy atom. The van der Waals surface area contributed by atoms with Gasteiger partial charge in [-0.1, -0.05) is 26.0 Å². The Kier molecular flexibility index (Phi) is 3.29. The van der Waals surface area contributed by atoms with E-state index >= 15 is 0 Å². The second-order valence-electron chi connectivity index (χ2n) is 5.08. The quantitative estimate of drug-likeness (QED) is 0.823. The minimum absolute atomic E-state index is 0.144. The first kappa shape index (κ1) is 11.6. The fourth-order valence-electron chi connectivity index (χ4n) is 2.92. The van der Waals surface area contributed by atoms with Gasteiger partial charge in [0.1, 0.15) is 5.82 Å². The van der Waals surface area contributed by atoms with Gasteiger partial charge in [0.05, 0.1) is 0 Å². The van der Waals surface area contributed by atoms with E-state index in [0.29, 0.717) is 0 Å². The highest BCUT2D eigenvalue weighted by atomic mass is 19.1. The van der Waals surface area contributed by atoms with Gasteiger partial charge in [0.25, 0.3) is 0 Å². The molecule has 2 rings (SSSR count). The highest BCUT2D eigenvalue weighted by molar-refractivity contribution is 5.29. The van der Waals surface area contributed by atoms with Crippen LogP contribution >= 0.6 is 0 Å². The van der Waals surface area contributed by atoms with Crippen LogP contribution in [-0.4, -0.2) is 13.1 Å². The minimum Gasteiger partial charge on any atom is -0.316 e. The first-order valence-corrected chi connectivity index (χ1v) is 6.13. The van der Waals surface area contributed by atoms with Crippen molar-refractivity contribution in [3.05, 3.63) is 35.6 Å². The first-order valence-electron chi connectivity index (χ1n) is 6.13. The maximum Gasteiger partial charge on any atom is 0.123 e. The molecule has 0 aliphatic heterocycles. The maximum atomic E-state index is 12.9. The molecule has 1 aliphatic carbocycles. The number of hydrogen-bond acceptors (Lipinski definition) is 1. The number of rotatable bonds is 4. The summed E-state index contributed by atoms with van der Waals surface area (Å²) in [5.74, 6) is 0.651. The van der Waals surface area contributed by atoms with E-state index in [0.717, 1.165) is 19.0 Å². The lowest BCUT2D eigenvalue weighted by Crippen LogP contribution is -2.47. The fraction of sp³-hybridized carbons (Fsp3) is 0.571. The molecular formula is C14H20FN. The predicted octanol–water partition coefficient (Wildman–Crippen LogP) is 3.10. The summed E-state index contributed by atoms with van der Waals surface area (Å²) in [6, 6.07) is 7.04. The second-order valence-corrected chi connectivity index (χ2v) is 5.08. The molecule has 1 aromatic rings. The van der Waals surface area contributed by atoms with Crippen molar-refractivity contribution < 1.29 is 4.39 Å². The monoisotopic (exact) mass is 221 g/mol. The molecule has 1 fully saturated rings. The van der Waals surface area contributed by atoms with Crippen molar-refractivity contribution in [3.8, 4) is 0 Å². The predicted molar refractivity (Wildman–Crippen MR) is 65.0 cm³/mol. The van der Waals surface area contributed by atoms with Gasteiger partial charge in [-0.25, -0.2) is 4.39 Å². The van der Waals surface area contributed by atoms with Gasteiger partial charge in [0.15, 0.2) is 0 Å². The summed E-state index contributed by atoms with van der Waals surface area (Å²) in [6.07, 6.45) is 2.43. The molecule has 16 heavy (non-hydrogen) atoms. The van der Waals surface area contributed by atoms with Gasteiger partial charge >= 0.3 is 0 Å². The van der Waals surface area contributed by atoms with Crippen LogP contribution in [-0.2, 0) is 5.41 Å². The Morgan fingerprint density at radius 3 is 2.44 bits per heavy atom. The molecule has 0 amide bonds. The molecule has 88 valence electrons. The Hall–Kier alpha value is -0.890. The summed E-state index contributed by atoms with van der Waals surface area (Å²) in [7, 11) is 0. The summed E-state index contributed by atoms with van der Waals surface area (Å²) in [6.45, 7) is 6.42. The molecule has 0 radical (unpaired) electrons. The Balaban J connectivity index is 2.16. The first-order chi connectivity index (χ1) is 7.66. The Morgan fingerprint density at radius 2 is 1.94 bits per heavy atom. The molecule has 1 N–H and O–H groups in total. The molecule has 0 unspecified atom stereocenters. The lowest BCUT2D eigenvalue weighted by molar-refractivity contribution is 0.153. The molecule has 2 heteroatoms.